The summed E-state index contributed by atoms with van der Waals surface area (Å²) in [5.41, 5.74) is 2.46. The number of fused-ring (bicyclic) bond motifs is 1. The fraction of sp³-hybridized carbons (Fsp3) is 0.0833. The van der Waals surface area contributed by atoms with Gasteiger partial charge in [0, 0.05) is 17.6 Å². The molecule has 1 N–H and O–H groups in total. The first-order chi connectivity index (χ1) is 8.66. The highest BCUT2D eigenvalue weighted by atomic mass is 35.5. The minimum absolute atomic E-state index is 0.116. The monoisotopic (exact) mass is 260 g/mol. The third-order valence-electron chi connectivity index (χ3n) is 2.71. The molecule has 0 atom stereocenters. The van der Waals surface area contributed by atoms with Crippen LogP contribution in [0.15, 0.2) is 30.9 Å². The van der Waals surface area contributed by atoms with Gasteiger partial charge in [-0.3, -0.25) is 0 Å². The molecule has 3 rings (SSSR count). The van der Waals surface area contributed by atoms with Crippen molar-refractivity contribution in [2.75, 3.05) is 0 Å². The predicted molar refractivity (Wildman–Crippen MR) is 68.4 cm³/mol. The Morgan fingerprint density at radius 2 is 2.06 bits per heavy atom. The van der Waals surface area contributed by atoms with Crippen LogP contribution in [0.5, 0.6) is 5.75 Å². The van der Waals surface area contributed by atoms with Gasteiger partial charge >= 0.3 is 0 Å². The summed E-state index contributed by atoms with van der Waals surface area (Å²) in [5, 5.41) is 10.4. The van der Waals surface area contributed by atoms with Gasteiger partial charge < -0.3 is 9.67 Å². The van der Waals surface area contributed by atoms with Crippen molar-refractivity contribution in [1.82, 2.24) is 19.5 Å². The summed E-state index contributed by atoms with van der Waals surface area (Å²) < 4.78 is 1.79. The van der Waals surface area contributed by atoms with Gasteiger partial charge in [-0.05, 0) is 18.2 Å². The predicted octanol–water partition coefficient (Wildman–Crippen LogP) is 2.39. The van der Waals surface area contributed by atoms with Gasteiger partial charge in [-0.2, -0.15) is 0 Å². The smallest absolute Gasteiger partial charge is 0.163 e. The van der Waals surface area contributed by atoms with Crippen molar-refractivity contribution < 1.29 is 5.11 Å². The Hall–Kier alpha value is -2.14. The number of nitrogens with zero attached hydrogens (tertiary/aromatic N) is 4. The van der Waals surface area contributed by atoms with Crippen LogP contribution >= 0.6 is 11.6 Å². The Morgan fingerprint density at radius 3 is 2.89 bits per heavy atom. The number of rotatable bonds is 1. The Balaban J connectivity index is 2.34. The van der Waals surface area contributed by atoms with Gasteiger partial charge in [0.25, 0.3) is 0 Å². The van der Waals surface area contributed by atoms with E-state index in [9.17, 15) is 5.11 Å². The van der Waals surface area contributed by atoms with E-state index >= 15 is 0 Å². The number of aromatic hydroxyl groups is 1. The number of phenolic OH excluding ortho intramolecular Hbond substituents is 1. The molecule has 6 heteroatoms. The number of halogens is 1. The van der Waals surface area contributed by atoms with E-state index in [-0.39, 0.29) is 5.75 Å². The lowest BCUT2D eigenvalue weighted by atomic mass is 10.1. The Morgan fingerprint density at radius 1 is 1.22 bits per heavy atom. The van der Waals surface area contributed by atoms with Crippen molar-refractivity contribution in [1.29, 1.82) is 0 Å². The Kier molecular flexibility index (Phi) is 2.41. The number of benzene rings is 1. The molecule has 0 spiro atoms. The topological polar surface area (TPSA) is 63.8 Å². The fourth-order valence-corrected chi connectivity index (χ4v) is 2.01. The summed E-state index contributed by atoms with van der Waals surface area (Å²) in [5.74, 6) is 0.116. The highest BCUT2D eigenvalue weighted by Gasteiger charge is 2.13. The number of imidazole rings is 1. The van der Waals surface area contributed by atoms with Crippen molar-refractivity contribution in [2.24, 2.45) is 7.05 Å². The third-order valence-corrected chi connectivity index (χ3v) is 2.95. The number of phenols is 1. The van der Waals surface area contributed by atoms with Crippen molar-refractivity contribution in [3.63, 3.8) is 0 Å². The zero-order valence-corrected chi connectivity index (χ0v) is 10.3. The molecule has 0 aliphatic carbocycles. The third kappa shape index (κ3) is 1.60. The molecule has 0 fully saturated rings. The molecule has 1 aromatic carbocycles. The standard InChI is InChI=1S/C12H9ClN4O/c1-17-6-16-11-10(14-5-15-12(11)17)8-4-7(13)2-3-9(8)18/h2-6,18H,1H3. The summed E-state index contributed by atoms with van der Waals surface area (Å²) in [4.78, 5) is 12.6. The van der Waals surface area contributed by atoms with E-state index in [1.807, 2.05) is 7.05 Å². The summed E-state index contributed by atoms with van der Waals surface area (Å²) in [7, 11) is 1.85. The van der Waals surface area contributed by atoms with Gasteiger partial charge in [0.2, 0.25) is 0 Å². The van der Waals surface area contributed by atoms with E-state index in [0.717, 1.165) is 0 Å². The summed E-state index contributed by atoms with van der Waals surface area (Å²) in [6.45, 7) is 0. The molecule has 0 unspecified atom stereocenters. The lowest BCUT2D eigenvalue weighted by molar-refractivity contribution is 0.477. The van der Waals surface area contributed by atoms with E-state index in [2.05, 4.69) is 15.0 Å². The largest absolute Gasteiger partial charge is 0.507 e. The first-order valence-electron chi connectivity index (χ1n) is 5.28. The molecule has 0 radical (unpaired) electrons. The first-order valence-corrected chi connectivity index (χ1v) is 5.65. The average Bonchev–Trinajstić information content (AvgIpc) is 2.75. The molecular formula is C12H9ClN4O. The lowest BCUT2D eigenvalue weighted by Gasteiger charge is -2.05. The SMILES string of the molecule is Cn1cnc2c(-c3cc(Cl)ccc3O)ncnc21. The number of aryl methyl sites for hydroxylation is 1. The summed E-state index contributed by atoms with van der Waals surface area (Å²) in [6, 6.07) is 4.82. The number of aromatic nitrogens is 4. The normalized spacial score (nSPS) is 11.0. The number of hydrogen-bond donors (Lipinski definition) is 1. The molecule has 2 aromatic heterocycles. The molecule has 5 nitrogen and oxygen atoms in total. The van der Waals surface area contributed by atoms with Gasteiger partial charge in [0.05, 0.1) is 6.33 Å². The van der Waals surface area contributed by atoms with Crippen LogP contribution < -0.4 is 0 Å². The molecule has 18 heavy (non-hydrogen) atoms. The molecule has 3 aromatic rings. The zero-order chi connectivity index (χ0) is 12.7. The molecule has 0 saturated heterocycles. The molecule has 0 amide bonds. The maximum Gasteiger partial charge on any atom is 0.163 e. The van der Waals surface area contributed by atoms with Gasteiger partial charge in [-0.15, -0.1) is 0 Å². The van der Waals surface area contributed by atoms with Crippen LogP contribution in [0, 0.1) is 0 Å². The molecule has 0 bridgehead atoms. The van der Waals surface area contributed by atoms with Crippen molar-refractivity contribution in [3.8, 4) is 17.0 Å². The van der Waals surface area contributed by atoms with E-state index in [0.29, 0.717) is 27.4 Å². The van der Waals surface area contributed by atoms with Gasteiger partial charge in [0.1, 0.15) is 23.3 Å². The van der Waals surface area contributed by atoms with E-state index in [1.165, 1.54) is 12.4 Å². The minimum atomic E-state index is 0.116. The second-order valence-electron chi connectivity index (χ2n) is 3.91. The second kappa shape index (κ2) is 3.96. The number of hydrogen-bond acceptors (Lipinski definition) is 4. The van der Waals surface area contributed by atoms with E-state index in [4.69, 9.17) is 11.6 Å². The summed E-state index contributed by atoms with van der Waals surface area (Å²) in [6.07, 6.45) is 3.10. The molecule has 0 saturated carbocycles. The Bertz CT molecular complexity index is 738. The highest BCUT2D eigenvalue weighted by Crippen LogP contribution is 2.33. The van der Waals surface area contributed by atoms with Crippen molar-refractivity contribution in [2.45, 2.75) is 0 Å². The van der Waals surface area contributed by atoms with Crippen LogP contribution in [0.4, 0.5) is 0 Å². The first kappa shape index (κ1) is 11.0. The quantitative estimate of drug-likeness (QED) is 0.730. The molecule has 0 aliphatic heterocycles. The van der Waals surface area contributed by atoms with Crippen molar-refractivity contribution in [3.05, 3.63) is 35.9 Å². The van der Waals surface area contributed by atoms with Crippen LogP contribution in [0.3, 0.4) is 0 Å². The fourth-order valence-electron chi connectivity index (χ4n) is 1.84. The van der Waals surface area contributed by atoms with Crippen LogP contribution in [0.2, 0.25) is 5.02 Å². The average molecular weight is 261 g/mol. The van der Waals surface area contributed by atoms with Gasteiger partial charge in [-0.1, -0.05) is 11.6 Å². The van der Waals surface area contributed by atoms with Crippen LogP contribution in [0.1, 0.15) is 0 Å². The zero-order valence-electron chi connectivity index (χ0n) is 9.50. The maximum atomic E-state index is 9.90. The van der Waals surface area contributed by atoms with E-state index in [1.54, 1.807) is 23.0 Å². The van der Waals surface area contributed by atoms with Crippen LogP contribution in [0.25, 0.3) is 22.4 Å². The van der Waals surface area contributed by atoms with Gasteiger partial charge in [-0.25, -0.2) is 15.0 Å². The minimum Gasteiger partial charge on any atom is -0.507 e. The Labute approximate surface area is 108 Å². The summed E-state index contributed by atoms with van der Waals surface area (Å²) >= 11 is 5.94. The van der Waals surface area contributed by atoms with Crippen LogP contribution in [-0.4, -0.2) is 24.6 Å². The molecule has 90 valence electrons. The van der Waals surface area contributed by atoms with E-state index < -0.39 is 0 Å². The second-order valence-corrected chi connectivity index (χ2v) is 4.35. The van der Waals surface area contributed by atoms with Crippen LogP contribution in [-0.2, 0) is 7.05 Å². The molecule has 2 heterocycles. The van der Waals surface area contributed by atoms with Gasteiger partial charge in [0.15, 0.2) is 5.65 Å². The molecule has 0 aliphatic rings. The maximum absolute atomic E-state index is 9.90. The lowest BCUT2D eigenvalue weighted by Crippen LogP contribution is -1.92. The molecular weight excluding hydrogens is 252 g/mol. The van der Waals surface area contributed by atoms with Crippen molar-refractivity contribution >= 4 is 22.8 Å². The highest BCUT2D eigenvalue weighted by molar-refractivity contribution is 6.31.